The highest BCUT2D eigenvalue weighted by Gasteiger charge is 2.10. The Morgan fingerprint density at radius 2 is 1.71 bits per heavy atom. The first-order valence-corrected chi connectivity index (χ1v) is 4.12. The number of rotatable bonds is 4. The third kappa shape index (κ3) is 2.63. The summed E-state index contributed by atoms with van der Waals surface area (Å²) in [6.07, 6.45) is 0.526. The van der Waals surface area contributed by atoms with Gasteiger partial charge in [0.2, 0.25) is 0 Å². The van der Waals surface area contributed by atoms with E-state index in [1.165, 1.54) is 0 Å². The van der Waals surface area contributed by atoms with Gasteiger partial charge in [0.05, 0.1) is 6.61 Å². The number of nitrogens with two attached hydrogens (primary N) is 1. The van der Waals surface area contributed by atoms with Crippen LogP contribution in [-0.4, -0.2) is 13.2 Å². The van der Waals surface area contributed by atoms with Gasteiger partial charge in [-0.2, -0.15) is 0 Å². The van der Waals surface area contributed by atoms with Crippen molar-refractivity contribution in [2.45, 2.75) is 6.42 Å². The van der Waals surface area contributed by atoms with E-state index in [0.29, 0.717) is 25.1 Å². The topological polar surface area (TPSA) is 35.2 Å². The van der Waals surface area contributed by atoms with Crippen molar-refractivity contribution in [1.29, 1.82) is 0 Å². The van der Waals surface area contributed by atoms with Gasteiger partial charge < -0.3 is 10.5 Å². The van der Waals surface area contributed by atoms with Crippen molar-refractivity contribution < 1.29 is 17.9 Å². The molecule has 1 aromatic rings. The van der Waals surface area contributed by atoms with Crippen LogP contribution in [0.1, 0.15) is 6.42 Å². The monoisotopic (exact) mass is 205 g/mol. The van der Waals surface area contributed by atoms with Crippen LogP contribution in [0.25, 0.3) is 0 Å². The Hall–Kier alpha value is -1.23. The predicted octanol–water partition coefficient (Wildman–Crippen LogP) is 1.83. The van der Waals surface area contributed by atoms with Crippen molar-refractivity contribution in [3.63, 3.8) is 0 Å². The van der Waals surface area contributed by atoms with Gasteiger partial charge >= 0.3 is 0 Å². The molecule has 0 aliphatic heterocycles. The molecule has 78 valence electrons. The normalized spacial score (nSPS) is 10.3. The molecule has 0 aliphatic rings. The van der Waals surface area contributed by atoms with Gasteiger partial charge in [0.25, 0.3) is 0 Å². The van der Waals surface area contributed by atoms with E-state index in [1.807, 2.05) is 0 Å². The Kier molecular flexibility index (Phi) is 3.76. The Bertz CT molecular complexity index is 317. The lowest BCUT2D eigenvalue weighted by atomic mass is 10.3. The molecule has 2 N–H and O–H groups in total. The average Bonchev–Trinajstić information content (AvgIpc) is 2.14. The summed E-state index contributed by atoms with van der Waals surface area (Å²) >= 11 is 0. The Morgan fingerprint density at radius 3 is 2.36 bits per heavy atom. The van der Waals surface area contributed by atoms with Gasteiger partial charge in [-0.05, 0) is 13.0 Å². The molecule has 0 bridgehead atoms. The van der Waals surface area contributed by atoms with E-state index < -0.39 is 17.5 Å². The highest BCUT2D eigenvalue weighted by Crippen LogP contribution is 2.20. The van der Waals surface area contributed by atoms with Gasteiger partial charge in [0, 0.05) is 12.1 Å². The molecular formula is C9H10F3NO. The number of benzene rings is 1. The van der Waals surface area contributed by atoms with Crippen molar-refractivity contribution in [2.75, 3.05) is 13.2 Å². The molecule has 0 saturated carbocycles. The lowest BCUT2D eigenvalue weighted by Crippen LogP contribution is -2.07. The van der Waals surface area contributed by atoms with E-state index in [4.69, 9.17) is 10.5 Å². The van der Waals surface area contributed by atoms with Crippen LogP contribution in [0.5, 0.6) is 5.75 Å². The number of ether oxygens (including phenoxy) is 1. The van der Waals surface area contributed by atoms with Crippen LogP contribution in [0, 0.1) is 17.5 Å². The maximum absolute atomic E-state index is 12.9. The van der Waals surface area contributed by atoms with E-state index >= 15 is 0 Å². The molecule has 0 fully saturated rings. The Morgan fingerprint density at radius 1 is 1.07 bits per heavy atom. The lowest BCUT2D eigenvalue weighted by molar-refractivity contribution is 0.294. The standard InChI is InChI=1S/C9H10F3NO/c10-6-4-8(12)9(5-7(6)11)14-3-1-2-13/h4-5H,1-3,13H2. The first kappa shape index (κ1) is 10.8. The van der Waals surface area contributed by atoms with Crippen LogP contribution >= 0.6 is 0 Å². The first-order valence-electron chi connectivity index (χ1n) is 4.12. The van der Waals surface area contributed by atoms with E-state index in [-0.39, 0.29) is 12.4 Å². The highest BCUT2D eigenvalue weighted by atomic mass is 19.2. The summed E-state index contributed by atoms with van der Waals surface area (Å²) in [5.41, 5.74) is 5.18. The molecule has 0 aromatic heterocycles. The minimum Gasteiger partial charge on any atom is -0.490 e. The summed E-state index contributed by atoms with van der Waals surface area (Å²) in [6, 6.07) is 1.13. The fraction of sp³-hybridized carbons (Fsp3) is 0.333. The van der Waals surface area contributed by atoms with Crippen molar-refractivity contribution in [2.24, 2.45) is 5.73 Å². The maximum atomic E-state index is 12.9. The van der Waals surface area contributed by atoms with E-state index in [1.54, 1.807) is 0 Å². The average molecular weight is 205 g/mol. The molecule has 1 aromatic carbocycles. The minimum absolute atomic E-state index is 0.179. The second-order valence-corrected chi connectivity index (χ2v) is 2.69. The summed E-state index contributed by atoms with van der Waals surface area (Å²) < 4.78 is 42.8. The number of hydrogen-bond acceptors (Lipinski definition) is 2. The van der Waals surface area contributed by atoms with Crippen LogP contribution < -0.4 is 10.5 Å². The molecular weight excluding hydrogens is 195 g/mol. The molecule has 0 radical (unpaired) electrons. The third-order valence-electron chi connectivity index (χ3n) is 1.58. The van der Waals surface area contributed by atoms with Crippen molar-refractivity contribution in [3.8, 4) is 5.75 Å². The van der Waals surface area contributed by atoms with Gasteiger partial charge in [0.1, 0.15) is 0 Å². The minimum atomic E-state index is -1.23. The first-order chi connectivity index (χ1) is 6.65. The Balaban J connectivity index is 2.72. The van der Waals surface area contributed by atoms with Crippen molar-refractivity contribution in [3.05, 3.63) is 29.6 Å². The second kappa shape index (κ2) is 4.85. The zero-order chi connectivity index (χ0) is 10.6. The van der Waals surface area contributed by atoms with E-state index in [0.717, 1.165) is 0 Å². The molecule has 1 rings (SSSR count). The summed E-state index contributed by atoms with van der Waals surface area (Å²) in [4.78, 5) is 0. The number of hydrogen-bond donors (Lipinski definition) is 1. The molecule has 0 amide bonds. The third-order valence-corrected chi connectivity index (χ3v) is 1.58. The largest absolute Gasteiger partial charge is 0.490 e. The molecule has 5 heteroatoms. The van der Waals surface area contributed by atoms with Crippen LogP contribution in [0.15, 0.2) is 12.1 Å². The summed E-state index contributed by atoms with van der Waals surface area (Å²) in [6.45, 7) is 0.573. The summed E-state index contributed by atoms with van der Waals surface area (Å²) in [7, 11) is 0. The Labute approximate surface area is 79.5 Å². The van der Waals surface area contributed by atoms with Crippen LogP contribution in [0.2, 0.25) is 0 Å². The van der Waals surface area contributed by atoms with Gasteiger partial charge in [-0.15, -0.1) is 0 Å². The zero-order valence-corrected chi connectivity index (χ0v) is 7.40. The lowest BCUT2D eigenvalue weighted by Gasteiger charge is -2.06. The summed E-state index contributed by atoms with van der Waals surface area (Å²) in [5, 5.41) is 0. The smallest absolute Gasteiger partial charge is 0.168 e. The predicted molar refractivity (Wildman–Crippen MR) is 45.5 cm³/mol. The fourth-order valence-electron chi connectivity index (χ4n) is 0.880. The quantitative estimate of drug-likeness (QED) is 0.601. The van der Waals surface area contributed by atoms with E-state index in [9.17, 15) is 13.2 Å². The highest BCUT2D eigenvalue weighted by molar-refractivity contribution is 5.25. The molecule has 0 heterocycles. The fourth-order valence-corrected chi connectivity index (χ4v) is 0.880. The molecule has 0 spiro atoms. The molecule has 0 saturated heterocycles. The molecule has 0 atom stereocenters. The van der Waals surface area contributed by atoms with Gasteiger partial charge in [-0.3, -0.25) is 0 Å². The number of halogens is 3. The molecule has 0 aliphatic carbocycles. The zero-order valence-electron chi connectivity index (χ0n) is 7.40. The van der Waals surface area contributed by atoms with Crippen LogP contribution in [-0.2, 0) is 0 Å². The van der Waals surface area contributed by atoms with E-state index in [2.05, 4.69) is 0 Å². The van der Waals surface area contributed by atoms with Crippen molar-refractivity contribution in [1.82, 2.24) is 0 Å². The van der Waals surface area contributed by atoms with Crippen LogP contribution in [0.3, 0.4) is 0 Å². The van der Waals surface area contributed by atoms with Gasteiger partial charge in [-0.1, -0.05) is 0 Å². The van der Waals surface area contributed by atoms with Crippen LogP contribution in [0.4, 0.5) is 13.2 Å². The van der Waals surface area contributed by atoms with Gasteiger partial charge in [-0.25, -0.2) is 13.2 Å². The molecule has 14 heavy (non-hydrogen) atoms. The second-order valence-electron chi connectivity index (χ2n) is 2.69. The van der Waals surface area contributed by atoms with Crippen molar-refractivity contribution >= 4 is 0 Å². The maximum Gasteiger partial charge on any atom is 0.168 e. The SMILES string of the molecule is NCCCOc1cc(F)c(F)cc1F. The van der Waals surface area contributed by atoms with Gasteiger partial charge in [0.15, 0.2) is 23.2 Å². The molecule has 2 nitrogen and oxygen atoms in total. The molecule has 0 unspecified atom stereocenters. The summed E-state index contributed by atoms with van der Waals surface area (Å²) in [5.74, 6) is -3.57.